The highest BCUT2D eigenvalue weighted by Crippen LogP contribution is 2.46. The molecule has 0 aliphatic carbocycles. The maximum Gasteiger partial charge on any atom is 0.166 e. The second-order valence-corrected chi connectivity index (χ2v) is 17.7. The lowest BCUT2D eigenvalue weighted by atomic mass is 10.0. The Morgan fingerprint density at radius 2 is 1.00 bits per heavy atom. The number of benzene rings is 9. The van der Waals surface area contributed by atoms with E-state index in [1.54, 1.807) is 11.3 Å². The van der Waals surface area contributed by atoms with Crippen molar-refractivity contribution in [3.05, 3.63) is 194 Å². The lowest BCUT2D eigenvalue weighted by molar-refractivity contribution is 1.07. The van der Waals surface area contributed by atoms with Gasteiger partial charge in [-0.1, -0.05) is 140 Å². The van der Waals surface area contributed by atoms with Crippen LogP contribution in [-0.4, -0.2) is 19.5 Å². The molecule has 0 saturated carbocycles. The second-order valence-electron chi connectivity index (χ2n) is 15.5. The normalized spacial score (nSPS) is 11.9. The average molecular weight is 813 g/mol. The van der Waals surface area contributed by atoms with E-state index >= 15 is 0 Å². The molecule has 0 N–H and O–H groups in total. The minimum atomic E-state index is 0.631. The highest BCUT2D eigenvalue weighted by molar-refractivity contribution is 7.26. The molecule has 6 heteroatoms. The van der Waals surface area contributed by atoms with Crippen molar-refractivity contribution in [2.75, 3.05) is 0 Å². The van der Waals surface area contributed by atoms with Gasteiger partial charge in [0.15, 0.2) is 17.5 Å². The lowest BCUT2D eigenvalue weighted by Crippen LogP contribution is -2.04. The van der Waals surface area contributed by atoms with Crippen LogP contribution in [0.2, 0.25) is 0 Å². The fourth-order valence-corrected chi connectivity index (χ4v) is 11.6. The Kier molecular flexibility index (Phi) is 7.61. The predicted octanol–water partition coefficient (Wildman–Crippen LogP) is 15.5. The van der Waals surface area contributed by atoms with Crippen LogP contribution in [0.4, 0.5) is 0 Å². The van der Waals surface area contributed by atoms with Gasteiger partial charge in [-0.3, -0.25) is 0 Å². The van der Waals surface area contributed by atoms with E-state index in [-0.39, 0.29) is 0 Å². The van der Waals surface area contributed by atoms with E-state index in [9.17, 15) is 0 Å². The van der Waals surface area contributed by atoms with E-state index in [1.165, 1.54) is 56.5 Å². The van der Waals surface area contributed by atoms with Crippen LogP contribution in [0, 0.1) is 0 Å². The molecular weight excluding hydrogens is 781 g/mol. The van der Waals surface area contributed by atoms with E-state index in [0.29, 0.717) is 17.5 Å². The van der Waals surface area contributed by atoms with Crippen LogP contribution in [0.15, 0.2) is 194 Å². The zero-order valence-corrected chi connectivity index (χ0v) is 34.2. The van der Waals surface area contributed by atoms with E-state index in [4.69, 9.17) is 15.0 Å². The Labute approximate surface area is 358 Å². The fraction of sp³-hybridized carbons (Fsp3) is 0. The maximum atomic E-state index is 5.59. The van der Waals surface area contributed by atoms with Gasteiger partial charge in [-0.2, -0.15) is 0 Å². The van der Waals surface area contributed by atoms with Crippen molar-refractivity contribution in [2.24, 2.45) is 0 Å². The summed E-state index contributed by atoms with van der Waals surface area (Å²) in [6.07, 6.45) is 0. The Bertz CT molecular complexity index is 3900. The van der Waals surface area contributed by atoms with E-state index in [2.05, 4.69) is 199 Å². The van der Waals surface area contributed by atoms with Crippen LogP contribution >= 0.6 is 22.7 Å². The van der Waals surface area contributed by atoms with Gasteiger partial charge in [-0.15, -0.1) is 22.7 Å². The third-order valence-electron chi connectivity index (χ3n) is 12.0. The average Bonchev–Trinajstić information content (AvgIpc) is 4.00. The number of nitrogens with zero attached hydrogens (tertiary/aromatic N) is 4. The first-order chi connectivity index (χ1) is 30.2. The molecule has 0 aliphatic heterocycles. The van der Waals surface area contributed by atoms with Crippen molar-refractivity contribution in [1.82, 2.24) is 19.5 Å². The molecule has 284 valence electrons. The third kappa shape index (κ3) is 5.39. The van der Waals surface area contributed by atoms with Gasteiger partial charge in [0.25, 0.3) is 0 Å². The predicted molar refractivity (Wildman–Crippen MR) is 259 cm³/mol. The summed E-state index contributed by atoms with van der Waals surface area (Å²) >= 11 is 3.61. The molecule has 0 radical (unpaired) electrons. The van der Waals surface area contributed by atoms with Gasteiger partial charge in [0.1, 0.15) is 0 Å². The zero-order valence-electron chi connectivity index (χ0n) is 32.6. The molecule has 0 atom stereocenters. The second kappa shape index (κ2) is 13.5. The fourth-order valence-electron chi connectivity index (χ4n) is 9.26. The molecule has 13 rings (SSSR count). The van der Waals surface area contributed by atoms with Crippen LogP contribution in [0.3, 0.4) is 0 Å². The van der Waals surface area contributed by atoms with Gasteiger partial charge in [-0.05, 0) is 76.5 Å². The van der Waals surface area contributed by atoms with Crippen LogP contribution in [0.5, 0.6) is 0 Å². The summed E-state index contributed by atoms with van der Waals surface area (Å²) in [6.45, 7) is 0. The Hall–Kier alpha value is -7.51. The molecule has 0 saturated heterocycles. The lowest BCUT2D eigenvalue weighted by Gasteiger charge is -2.16. The smallest absolute Gasteiger partial charge is 0.166 e. The molecule has 0 bridgehead atoms. The Balaban J connectivity index is 1.16. The molecule has 13 aromatic rings. The van der Waals surface area contributed by atoms with Gasteiger partial charge in [-0.25, -0.2) is 15.0 Å². The molecule has 0 amide bonds. The maximum absolute atomic E-state index is 5.59. The van der Waals surface area contributed by atoms with Crippen LogP contribution in [0.1, 0.15) is 0 Å². The summed E-state index contributed by atoms with van der Waals surface area (Å²) in [4.78, 5) is 16.5. The van der Waals surface area contributed by atoms with Gasteiger partial charge in [0, 0.05) is 62.2 Å². The van der Waals surface area contributed by atoms with Crippen LogP contribution < -0.4 is 0 Å². The van der Waals surface area contributed by atoms with Crippen molar-refractivity contribution < 1.29 is 0 Å². The number of hydrogen-bond donors (Lipinski definition) is 0. The number of para-hydroxylation sites is 1. The van der Waals surface area contributed by atoms with Crippen molar-refractivity contribution >= 4 is 95.6 Å². The highest BCUT2D eigenvalue weighted by atomic mass is 32.1. The molecule has 0 spiro atoms. The molecule has 0 aliphatic rings. The molecule has 61 heavy (non-hydrogen) atoms. The largest absolute Gasteiger partial charge is 0.308 e. The van der Waals surface area contributed by atoms with Gasteiger partial charge < -0.3 is 4.57 Å². The first-order valence-corrected chi connectivity index (χ1v) is 22.1. The summed E-state index contributed by atoms with van der Waals surface area (Å²) < 4.78 is 7.25. The molecule has 4 nitrogen and oxygen atoms in total. The molecular formula is C55H32N4S2. The number of fused-ring (bicyclic) bond motifs is 10. The Morgan fingerprint density at radius 1 is 0.361 bits per heavy atom. The monoisotopic (exact) mass is 812 g/mol. The summed E-state index contributed by atoms with van der Waals surface area (Å²) in [5.41, 5.74) is 8.46. The van der Waals surface area contributed by atoms with Gasteiger partial charge >= 0.3 is 0 Å². The molecule has 4 aromatic heterocycles. The van der Waals surface area contributed by atoms with Crippen LogP contribution in [0.25, 0.3) is 124 Å². The molecule has 0 fully saturated rings. The number of thiophene rings is 2. The van der Waals surface area contributed by atoms with Gasteiger partial charge in [0.2, 0.25) is 0 Å². The summed E-state index contributed by atoms with van der Waals surface area (Å²) in [6, 6.07) is 69.6. The summed E-state index contributed by atoms with van der Waals surface area (Å²) in [5.74, 6) is 1.92. The van der Waals surface area contributed by atoms with Crippen molar-refractivity contribution in [3.63, 3.8) is 0 Å². The minimum Gasteiger partial charge on any atom is -0.308 e. The summed E-state index contributed by atoms with van der Waals surface area (Å²) in [7, 11) is 0. The topological polar surface area (TPSA) is 43.6 Å². The standard InChI is InChI=1S/C55H32N4S2/c1-2-14-33(15-3-1)34-18-12-19-37(30-34)53-56-54(42-24-13-23-40-39-21-7-10-26-47(39)61-52(40)42)58-55(57-53)51-45(28-29-49-50(51)41-22-8-11-27-48(41)60-49)59-44-25-9-6-20-38(44)43-31-35-16-4-5-17-36(35)32-46(43)59/h1-32H. The van der Waals surface area contributed by atoms with Crippen LogP contribution in [-0.2, 0) is 0 Å². The van der Waals surface area contributed by atoms with E-state index in [0.717, 1.165) is 49.9 Å². The van der Waals surface area contributed by atoms with Gasteiger partial charge in [0.05, 0.1) is 22.3 Å². The highest BCUT2D eigenvalue weighted by Gasteiger charge is 2.25. The summed E-state index contributed by atoms with van der Waals surface area (Å²) in [5, 5.41) is 9.61. The quantitative estimate of drug-likeness (QED) is 0.174. The van der Waals surface area contributed by atoms with Crippen molar-refractivity contribution in [1.29, 1.82) is 0 Å². The van der Waals surface area contributed by atoms with Crippen molar-refractivity contribution in [3.8, 4) is 51.0 Å². The van der Waals surface area contributed by atoms with Crippen molar-refractivity contribution in [2.45, 2.75) is 0 Å². The molecule has 9 aromatic carbocycles. The SMILES string of the molecule is c1ccc(-c2cccc(-c3nc(-c4cccc5c4sc4ccccc45)nc(-c4c(-n5c6ccccc6c6cc7ccccc7cc65)ccc5sc6ccccc6c45)n3)c2)cc1. The minimum absolute atomic E-state index is 0.631. The van der Waals surface area contributed by atoms with E-state index < -0.39 is 0 Å². The number of rotatable bonds is 5. The third-order valence-corrected chi connectivity index (χ3v) is 14.4. The zero-order chi connectivity index (χ0) is 40.0. The first kappa shape index (κ1) is 34.4. The Morgan fingerprint density at radius 3 is 1.87 bits per heavy atom. The van der Waals surface area contributed by atoms with E-state index in [1.807, 2.05) is 11.3 Å². The molecule has 4 heterocycles. The number of hydrogen-bond acceptors (Lipinski definition) is 5. The first-order valence-electron chi connectivity index (χ1n) is 20.4. The molecule has 0 unspecified atom stereocenters. The number of aromatic nitrogens is 4.